The minimum atomic E-state index is 0.658. The number of hydrogen-bond donors (Lipinski definition) is 0. The molecule has 0 radical (unpaired) electrons. The van der Waals surface area contributed by atoms with Gasteiger partial charge in [0, 0.05) is 32.6 Å². The van der Waals surface area contributed by atoms with E-state index in [1.165, 1.54) is 11.1 Å². The van der Waals surface area contributed by atoms with Gasteiger partial charge in [0.2, 0.25) is 0 Å². The lowest BCUT2D eigenvalue weighted by molar-refractivity contribution is 0.941. The van der Waals surface area contributed by atoms with E-state index in [1.807, 2.05) is 18.2 Å². The molecule has 5 heteroatoms. The number of fused-ring (bicyclic) bond motifs is 3. The van der Waals surface area contributed by atoms with Crippen molar-refractivity contribution in [2.75, 3.05) is 0 Å². The summed E-state index contributed by atoms with van der Waals surface area (Å²) in [5.41, 5.74) is 8.88. The van der Waals surface area contributed by atoms with Crippen LogP contribution >= 0.6 is 11.6 Å². The number of nitrogens with zero attached hydrogens (tertiary/aromatic N) is 4. The average molecular weight is 539 g/mol. The molecule has 0 atom stereocenters. The number of para-hydroxylation sites is 1. The standard InChI is InChI=1S/C35H27ClN4/c1-22-11-15-24(16-12-22)33-37-34(25-17-13-23(2)14-18-25)39-35(38-33)28-9-6-10-31-32(28)29-21-26(36)19-20-30(29)40(31)27-7-4-3-5-8-27/h3-13,15-17,19-21H,14,18H2,1-2H3. The van der Waals surface area contributed by atoms with Gasteiger partial charge in [-0.2, -0.15) is 0 Å². The van der Waals surface area contributed by atoms with E-state index in [1.54, 1.807) is 0 Å². The molecule has 7 rings (SSSR count). The van der Waals surface area contributed by atoms with Crippen molar-refractivity contribution < 1.29 is 0 Å². The molecule has 0 bridgehead atoms. The Morgan fingerprint density at radius 2 is 1.45 bits per heavy atom. The largest absolute Gasteiger partial charge is 0.309 e. The minimum absolute atomic E-state index is 0.658. The molecule has 0 aliphatic heterocycles. The van der Waals surface area contributed by atoms with Crippen LogP contribution in [-0.4, -0.2) is 19.5 Å². The zero-order chi connectivity index (χ0) is 27.2. The van der Waals surface area contributed by atoms with Crippen LogP contribution in [0.3, 0.4) is 0 Å². The van der Waals surface area contributed by atoms with Gasteiger partial charge in [0.05, 0.1) is 11.0 Å². The van der Waals surface area contributed by atoms with Gasteiger partial charge in [-0.1, -0.05) is 89.5 Å². The number of hydrogen-bond acceptors (Lipinski definition) is 3. The molecule has 4 aromatic carbocycles. The number of rotatable bonds is 4. The Labute approximate surface area is 238 Å². The van der Waals surface area contributed by atoms with Gasteiger partial charge in [0.1, 0.15) is 0 Å². The fraction of sp³-hybridized carbons (Fsp3) is 0.114. The van der Waals surface area contributed by atoms with E-state index in [0.29, 0.717) is 16.7 Å². The Morgan fingerprint density at radius 1 is 0.675 bits per heavy atom. The van der Waals surface area contributed by atoms with E-state index in [2.05, 4.69) is 103 Å². The van der Waals surface area contributed by atoms with Gasteiger partial charge in [0.15, 0.2) is 17.5 Å². The van der Waals surface area contributed by atoms with E-state index in [4.69, 9.17) is 26.6 Å². The van der Waals surface area contributed by atoms with Crippen LogP contribution in [0.25, 0.3) is 55.8 Å². The molecular weight excluding hydrogens is 512 g/mol. The second-order valence-corrected chi connectivity index (χ2v) is 10.8. The molecule has 2 heterocycles. The predicted molar refractivity (Wildman–Crippen MR) is 166 cm³/mol. The maximum atomic E-state index is 6.57. The molecule has 0 fully saturated rings. The van der Waals surface area contributed by atoms with Crippen molar-refractivity contribution in [3.63, 3.8) is 0 Å². The molecule has 1 aliphatic carbocycles. The first-order valence-electron chi connectivity index (χ1n) is 13.5. The second kappa shape index (κ2) is 9.89. The van der Waals surface area contributed by atoms with Crippen molar-refractivity contribution in [2.45, 2.75) is 26.7 Å². The van der Waals surface area contributed by atoms with Gasteiger partial charge in [-0.05, 0) is 68.7 Å². The molecule has 0 spiro atoms. The molecule has 4 nitrogen and oxygen atoms in total. The van der Waals surface area contributed by atoms with Crippen LogP contribution in [0.4, 0.5) is 0 Å². The summed E-state index contributed by atoms with van der Waals surface area (Å²) in [6, 6.07) is 31.2. The average Bonchev–Trinajstić information content (AvgIpc) is 3.32. The highest BCUT2D eigenvalue weighted by atomic mass is 35.5. The first-order chi connectivity index (χ1) is 19.5. The first kappa shape index (κ1) is 24.5. The highest BCUT2D eigenvalue weighted by Gasteiger charge is 2.20. The summed E-state index contributed by atoms with van der Waals surface area (Å²) in [5, 5.41) is 2.83. The van der Waals surface area contributed by atoms with Crippen LogP contribution in [0.2, 0.25) is 5.02 Å². The van der Waals surface area contributed by atoms with Crippen LogP contribution in [-0.2, 0) is 0 Å². The van der Waals surface area contributed by atoms with Gasteiger partial charge >= 0.3 is 0 Å². The van der Waals surface area contributed by atoms with Crippen molar-refractivity contribution in [1.82, 2.24) is 19.5 Å². The Balaban J connectivity index is 1.53. The summed E-state index contributed by atoms with van der Waals surface area (Å²) < 4.78 is 2.28. The fourth-order valence-corrected chi connectivity index (χ4v) is 5.66. The molecule has 194 valence electrons. The molecule has 6 aromatic rings. The summed E-state index contributed by atoms with van der Waals surface area (Å²) in [6.45, 7) is 4.25. The lowest BCUT2D eigenvalue weighted by atomic mass is 9.99. The van der Waals surface area contributed by atoms with Gasteiger partial charge in [-0.15, -0.1) is 0 Å². The topological polar surface area (TPSA) is 43.6 Å². The Kier molecular flexibility index (Phi) is 6.06. The maximum Gasteiger partial charge on any atom is 0.164 e. The third-order valence-corrected chi connectivity index (χ3v) is 7.83. The van der Waals surface area contributed by atoms with Crippen LogP contribution in [0, 0.1) is 6.92 Å². The van der Waals surface area contributed by atoms with Crippen molar-refractivity contribution in [3.05, 3.63) is 125 Å². The number of benzene rings is 4. The molecule has 0 unspecified atom stereocenters. The third-order valence-electron chi connectivity index (χ3n) is 7.60. The van der Waals surface area contributed by atoms with Gasteiger partial charge in [-0.3, -0.25) is 0 Å². The smallest absolute Gasteiger partial charge is 0.164 e. The number of aromatic nitrogens is 4. The summed E-state index contributed by atoms with van der Waals surface area (Å²) in [7, 11) is 0. The number of aryl methyl sites for hydroxylation is 1. The molecule has 0 N–H and O–H groups in total. The molecule has 0 saturated heterocycles. The second-order valence-electron chi connectivity index (χ2n) is 10.4. The van der Waals surface area contributed by atoms with E-state index >= 15 is 0 Å². The van der Waals surface area contributed by atoms with Crippen LogP contribution in [0.5, 0.6) is 0 Å². The Hall–Kier alpha value is -4.54. The van der Waals surface area contributed by atoms with Crippen molar-refractivity contribution in [3.8, 4) is 28.5 Å². The van der Waals surface area contributed by atoms with Gasteiger partial charge in [0.25, 0.3) is 0 Å². The molecular formula is C35H27ClN4. The van der Waals surface area contributed by atoms with Crippen molar-refractivity contribution >= 4 is 39.0 Å². The summed E-state index contributed by atoms with van der Waals surface area (Å²) >= 11 is 6.57. The van der Waals surface area contributed by atoms with Gasteiger partial charge in [-0.25, -0.2) is 15.0 Å². The van der Waals surface area contributed by atoms with E-state index in [9.17, 15) is 0 Å². The van der Waals surface area contributed by atoms with Crippen LogP contribution in [0.1, 0.15) is 31.2 Å². The SMILES string of the molecule is CC1=CC=C(c2nc(-c3ccc(C)cc3)nc(-c3cccc4c3c3cc(Cl)ccc3n4-c3ccccc3)n2)CC1. The zero-order valence-electron chi connectivity index (χ0n) is 22.4. The summed E-state index contributed by atoms with van der Waals surface area (Å²) in [4.78, 5) is 15.1. The Morgan fingerprint density at radius 3 is 2.23 bits per heavy atom. The van der Waals surface area contributed by atoms with Crippen molar-refractivity contribution in [2.24, 2.45) is 0 Å². The summed E-state index contributed by atoms with van der Waals surface area (Å²) in [5.74, 6) is 2.06. The predicted octanol–water partition coefficient (Wildman–Crippen LogP) is 9.39. The molecule has 40 heavy (non-hydrogen) atoms. The first-order valence-corrected chi connectivity index (χ1v) is 13.9. The lowest BCUT2D eigenvalue weighted by Gasteiger charge is -2.14. The molecule has 0 amide bonds. The van der Waals surface area contributed by atoms with Crippen LogP contribution in [0.15, 0.2) is 109 Å². The molecule has 1 aliphatic rings. The zero-order valence-corrected chi connectivity index (χ0v) is 23.2. The monoisotopic (exact) mass is 538 g/mol. The highest BCUT2D eigenvalue weighted by molar-refractivity contribution is 6.32. The minimum Gasteiger partial charge on any atom is -0.309 e. The van der Waals surface area contributed by atoms with Crippen LogP contribution < -0.4 is 0 Å². The normalized spacial score (nSPS) is 13.5. The number of allylic oxidation sites excluding steroid dienone is 4. The Bertz CT molecular complexity index is 1970. The third kappa shape index (κ3) is 4.31. The van der Waals surface area contributed by atoms with E-state index in [-0.39, 0.29) is 0 Å². The van der Waals surface area contributed by atoms with Gasteiger partial charge < -0.3 is 4.57 Å². The summed E-state index contributed by atoms with van der Waals surface area (Å²) in [6.07, 6.45) is 6.24. The molecule has 0 saturated carbocycles. The number of halogens is 1. The molecule has 2 aromatic heterocycles. The maximum absolute atomic E-state index is 6.57. The lowest BCUT2D eigenvalue weighted by Crippen LogP contribution is -2.04. The highest BCUT2D eigenvalue weighted by Crippen LogP contribution is 2.39. The fourth-order valence-electron chi connectivity index (χ4n) is 5.48. The quantitative estimate of drug-likeness (QED) is 0.224. The van der Waals surface area contributed by atoms with E-state index < -0.39 is 0 Å². The van der Waals surface area contributed by atoms with Crippen molar-refractivity contribution in [1.29, 1.82) is 0 Å². The van der Waals surface area contributed by atoms with E-state index in [0.717, 1.165) is 62.9 Å².